The standard InChI is InChI=1S/C17H23NO/c1-4-6-17(18-5-2)15-8-7-14-12-16(19-3)10-9-13(14)11-15/h7-12,17-18H,4-6H2,1-3H3. The Kier molecular flexibility index (Phi) is 4.80. The van der Waals surface area contributed by atoms with E-state index in [1.165, 1.54) is 29.2 Å². The number of fused-ring (bicyclic) bond motifs is 1. The Labute approximate surface area is 115 Å². The predicted octanol–water partition coefficient (Wildman–Crippen LogP) is 4.30. The normalized spacial score (nSPS) is 12.6. The van der Waals surface area contributed by atoms with Gasteiger partial charge in [-0.3, -0.25) is 0 Å². The second kappa shape index (κ2) is 6.58. The van der Waals surface area contributed by atoms with E-state index in [9.17, 15) is 0 Å². The number of ether oxygens (including phenoxy) is 1. The van der Waals surface area contributed by atoms with E-state index in [2.05, 4.69) is 49.5 Å². The van der Waals surface area contributed by atoms with Crippen LogP contribution >= 0.6 is 0 Å². The fourth-order valence-corrected chi connectivity index (χ4v) is 2.51. The first kappa shape index (κ1) is 13.9. The lowest BCUT2D eigenvalue weighted by Gasteiger charge is -2.18. The molecule has 0 fully saturated rings. The van der Waals surface area contributed by atoms with E-state index in [1.54, 1.807) is 7.11 Å². The maximum Gasteiger partial charge on any atom is 0.119 e. The number of hydrogen-bond donors (Lipinski definition) is 1. The van der Waals surface area contributed by atoms with Crippen molar-refractivity contribution in [2.75, 3.05) is 13.7 Å². The average molecular weight is 257 g/mol. The largest absolute Gasteiger partial charge is 0.497 e. The molecule has 2 rings (SSSR count). The lowest BCUT2D eigenvalue weighted by molar-refractivity contribution is 0.415. The minimum atomic E-state index is 0.460. The van der Waals surface area contributed by atoms with Crippen molar-refractivity contribution in [2.24, 2.45) is 0 Å². The van der Waals surface area contributed by atoms with E-state index in [0.29, 0.717) is 6.04 Å². The van der Waals surface area contributed by atoms with Crippen LogP contribution in [0.15, 0.2) is 36.4 Å². The van der Waals surface area contributed by atoms with Gasteiger partial charge in [0, 0.05) is 6.04 Å². The van der Waals surface area contributed by atoms with Crippen LogP contribution < -0.4 is 10.1 Å². The van der Waals surface area contributed by atoms with Crippen molar-refractivity contribution in [2.45, 2.75) is 32.7 Å². The van der Waals surface area contributed by atoms with Crippen LogP contribution in [0.1, 0.15) is 38.3 Å². The van der Waals surface area contributed by atoms with E-state index in [1.807, 2.05) is 6.07 Å². The summed E-state index contributed by atoms with van der Waals surface area (Å²) in [6.07, 6.45) is 2.37. The number of nitrogens with one attached hydrogen (secondary N) is 1. The average Bonchev–Trinajstić information content (AvgIpc) is 2.46. The highest BCUT2D eigenvalue weighted by molar-refractivity contribution is 5.84. The summed E-state index contributed by atoms with van der Waals surface area (Å²) in [7, 11) is 1.71. The molecule has 0 aliphatic heterocycles. The second-order valence-electron chi connectivity index (χ2n) is 4.87. The fraction of sp³-hybridized carbons (Fsp3) is 0.412. The third-order valence-corrected chi connectivity index (χ3v) is 3.50. The molecule has 0 spiro atoms. The summed E-state index contributed by atoms with van der Waals surface area (Å²) in [5.41, 5.74) is 1.38. The van der Waals surface area contributed by atoms with Gasteiger partial charge in [-0.25, -0.2) is 0 Å². The van der Waals surface area contributed by atoms with Gasteiger partial charge in [0.05, 0.1) is 7.11 Å². The lowest BCUT2D eigenvalue weighted by Crippen LogP contribution is -2.20. The molecule has 1 N–H and O–H groups in total. The number of methoxy groups -OCH3 is 1. The van der Waals surface area contributed by atoms with Gasteiger partial charge in [-0.05, 0) is 47.5 Å². The lowest BCUT2D eigenvalue weighted by atomic mass is 9.98. The number of hydrogen-bond acceptors (Lipinski definition) is 2. The zero-order valence-corrected chi connectivity index (χ0v) is 12.1. The molecule has 2 nitrogen and oxygen atoms in total. The zero-order valence-electron chi connectivity index (χ0n) is 12.1. The van der Waals surface area contributed by atoms with Gasteiger partial charge in [-0.15, -0.1) is 0 Å². The van der Waals surface area contributed by atoms with Crippen LogP contribution in [0.2, 0.25) is 0 Å². The van der Waals surface area contributed by atoms with Crippen molar-refractivity contribution in [3.63, 3.8) is 0 Å². The topological polar surface area (TPSA) is 21.3 Å². The molecule has 102 valence electrons. The SMILES string of the molecule is CCCC(NCC)c1ccc2cc(OC)ccc2c1. The first-order valence-electron chi connectivity index (χ1n) is 7.09. The number of rotatable bonds is 6. The van der Waals surface area contributed by atoms with E-state index in [0.717, 1.165) is 12.3 Å². The Bertz CT molecular complexity index is 530. The molecule has 0 aliphatic carbocycles. The molecule has 0 saturated carbocycles. The molecule has 2 aromatic rings. The zero-order chi connectivity index (χ0) is 13.7. The Morgan fingerprint density at radius 1 is 1.05 bits per heavy atom. The third kappa shape index (κ3) is 3.27. The molecular weight excluding hydrogens is 234 g/mol. The van der Waals surface area contributed by atoms with Crippen molar-refractivity contribution >= 4 is 10.8 Å². The Hall–Kier alpha value is -1.54. The van der Waals surface area contributed by atoms with Gasteiger partial charge in [-0.2, -0.15) is 0 Å². The van der Waals surface area contributed by atoms with Crippen LogP contribution in [0.3, 0.4) is 0 Å². The summed E-state index contributed by atoms with van der Waals surface area (Å²) in [5.74, 6) is 0.914. The predicted molar refractivity (Wildman–Crippen MR) is 81.8 cm³/mol. The first-order valence-corrected chi connectivity index (χ1v) is 7.09. The summed E-state index contributed by atoms with van der Waals surface area (Å²) >= 11 is 0. The van der Waals surface area contributed by atoms with Crippen molar-refractivity contribution in [3.05, 3.63) is 42.0 Å². The first-order chi connectivity index (χ1) is 9.28. The summed E-state index contributed by atoms with van der Waals surface area (Å²) in [6, 6.07) is 13.4. The summed E-state index contributed by atoms with van der Waals surface area (Å²) in [6.45, 7) is 5.40. The van der Waals surface area contributed by atoms with Crippen molar-refractivity contribution in [3.8, 4) is 5.75 Å². The van der Waals surface area contributed by atoms with Crippen LogP contribution in [-0.4, -0.2) is 13.7 Å². The Morgan fingerprint density at radius 3 is 2.47 bits per heavy atom. The molecule has 0 saturated heterocycles. The highest BCUT2D eigenvalue weighted by atomic mass is 16.5. The smallest absolute Gasteiger partial charge is 0.119 e. The van der Waals surface area contributed by atoms with Crippen LogP contribution in [0.5, 0.6) is 5.75 Å². The molecule has 0 heterocycles. The summed E-state index contributed by atoms with van der Waals surface area (Å²) in [5, 5.41) is 6.07. The van der Waals surface area contributed by atoms with Crippen LogP contribution in [0, 0.1) is 0 Å². The van der Waals surface area contributed by atoms with Crippen molar-refractivity contribution < 1.29 is 4.74 Å². The van der Waals surface area contributed by atoms with Gasteiger partial charge < -0.3 is 10.1 Å². The molecule has 0 bridgehead atoms. The van der Waals surface area contributed by atoms with Crippen molar-refractivity contribution in [1.29, 1.82) is 0 Å². The molecule has 1 unspecified atom stereocenters. The molecule has 2 heteroatoms. The monoisotopic (exact) mass is 257 g/mol. The maximum absolute atomic E-state index is 5.26. The second-order valence-corrected chi connectivity index (χ2v) is 4.87. The molecule has 2 aromatic carbocycles. The van der Waals surface area contributed by atoms with E-state index in [4.69, 9.17) is 4.74 Å². The Morgan fingerprint density at radius 2 is 1.79 bits per heavy atom. The number of benzene rings is 2. The summed E-state index contributed by atoms with van der Waals surface area (Å²) < 4.78 is 5.26. The maximum atomic E-state index is 5.26. The molecular formula is C17H23NO. The third-order valence-electron chi connectivity index (χ3n) is 3.50. The van der Waals surface area contributed by atoms with Crippen LogP contribution in [0.25, 0.3) is 10.8 Å². The Balaban J connectivity index is 2.34. The molecule has 0 amide bonds. The minimum Gasteiger partial charge on any atom is -0.497 e. The van der Waals surface area contributed by atoms with Gasteiger partial charge in [0.1, 0.15) is 5.75 Å². The van der Waals surface area contributed by atoms with E-state index < -0.39 is 0 Å². The highest BCUT2D eigenvalue weighted by Gasteiger charge is 2.09. The van der Waals surface area contributed by atoms with Gasteiger partial charge in [0.15, 0.2) is 0 Å². The molecule has 0 radical (unpaired) electrons. The molecule has 0 aliphatic rings. The van der Waals surface area contributed by atoms with E-state index >= 15 is 0 Å². The van der Waals surface area contributed by atoms with Crippen molar-refractivity contribution in [1.82, 2.24) is 5.32 Å². The molecule has 0 aromatic heterocycles. The molecule has 1 atom stereocenters. The quantitative estimate of drug-likeness (QED) is 0.833. The van der Waals surface area contributed by atoms with E-state index in [-0.39, 0.29) is 0 Å². The minimum absolute atomic E-state index is 0.460. The van der Waals surface area contributed by atoms with Gasteiger partial charge in [0.2, 0.25) is 0 Å². The van der Waals surface area contributed by atoms with Gasteiger partial charge in [-0.1, -0.05) is 38.5 Å². The fourth-order valence-electron chi connectivity index (χ4n) is 2.51. The van der Waals surface area contributed by atoms with Crippen LogP contribution in [-0.2, 0) is 0 Å². The van der Waals surface area contributed by atoms with Crippen LogP contribution in [0.4, 0.5) is 0 Å². The highest BCUT2D eigenvalue weighted by Crippen LogP contribution is 2.26. The van der Waals surface area contributed by atoms with Gasteiger partial charge in [0.25, 0.3) is 0 Å². The molecule has 19 heavy (non-hydrogen) atoms. The van der Waals surface area contributed by atoms with Gasteiger partial charge >= 0.3 is 0 Å². The summed E-state index contributed by atoms with van der Waals surface area (Å²) in [4.78, 5) is 0.